The molecule has 1 aliphatic heterocycles. The van der Waals surface area contributed by atoms with Crippen molar-refractivity contribution in [3.8, 4) is 0 Å². The number of halogens is 2. The molecule has 1 aromatic carbocycles. The Morgan fingerprint density at radius 1 is 1.16 bits per heavy atom. The van der Waals surface area contributed by atoms with Gasteiger partial charge < -0.3 is 19.4 Å². The number of aromatic nitrogens is 1. The summed E-state index contributed by atoms with van der Waals surface area (Å²) in [5, 5.41) is 3.92. The van der Waals surface area contributed by atoms with Crippen LogP contribution in [-0.2, 0) is 17.8 Å². The van der Waals surface area contributed by atoms with Crippen LogP contribution in [0.3, 0.4) is 0 Å². The van der Waals surface area contributed by atoms with Gasteiger partial charge in [-0.1, -0.05) is 29.3 Å². The molecule has 2 aromatic rings. The van der Waals surface area contributed by atoms with Crippen LogP contribution in [0.4, 0.5) is 0 Å². The van der Waals surface area contributed by atoms with E-state index in [-0.39, 0.29) is 5.91 Å². The maximum absolute atomic E-state index is 12.3. The summed E-state index contributed by atoms with van der Waals surface area (Å²) in [6, 6.07) is 5.65. The molecule has 0 spiro atoms. The topological polar surface area (TPSA) is 74.1 Å². The summed E-state index contributed by atoms with van der Waals surface area (Å²) >= 11 is 12.3. The number of ether oxygens (including phenoxy) is 1. The lowest BCUT2D eigenvalue weighted by molar-refractivity contribution is 0.0320. The predicted molar refractivity (Wildman–Crippen MR) is 125 cm³/mol. The molecule has 32 heavy (non-hydrogen) atoms. The van der Waals surface area contributed by atoms with Crippen LogP contribution in [0.25, 0.3) is 0 Å². The average molecular weight is 484 g/mol. The van der Waals surface area contributed by atoms with E-state index >= 15 is 0 Å². The Labute approximate surface area is 199 Å². The van der Waals surface area contributed by atoms with Crippen LogP contribution >= 0.6 is 23.2 Å². The first-order valence-electron chi connectivity index (χ1n) is 10.7. The highest BCUT2D eigenvalue weighted by Gasteiger charge is 2.17. The third kappa shape index (κ3) is 8.03. The lowest BCUT2D eigenvalue weighted by Gasteiger charge is -2.29. The molecule has 0 unspecified atom stereocenters. The number of rotatable bonds is 11. The van der Waals surface area contributed by atoms with Crippen molar-refractivity contribution in [2.75, 3.05) is 66.6 Å². The van der Waals surface area contributed by atoms with Crippen molar-refractivity contribution < 1.29 is 13.9 Å². The quantitative estimate of drug-likeness (QED) is 0.526. The van der Waals surface area contributed by atoms with Crippen LogP contribution < -0.4 is 5.32 Å². The number of hydrogen-bond donors (Lipinski definition) is 1. The van der Waals surface area contributed by atoms with Crippen LogP contribution in [0.2, 0.25) is 10.0 Å². The van der Waals surface area contributed by atoms with E-state index in [1.54, 1.807) is 6.07 Å². The molecule has 1 fully saturated rings. The Hall–Kier alpha value is -1.68. The largest absolute Gasteiger partial charge is 0.447 e. The lowest BCUT2D eigenvalue weighted by atomic mass is 10.2. The zero-order valence-electron chi connectivity index (χ0n) is 18.6. The van der Waals surface area contributed by atoms with Crippen molar-refractivity contribution in [3.63, 3.8) is 0 Å². The summed E-state index contributed by atoms with van der Waals surface area (Å²) in [5.41, 5.74) is 1.34. The summed E-state index contributed by atoms with van der Waals surface area (Å²) in [6.07, 6.45) is 1.42. The molecule has 0 radical (unpaired) electrons. The van der Waals surface area contributed by atoms with E-state index in [0.29, 0.717) is 41.3 Å². The van der Waals surface area contributed by atoms with Gasteiger partial charge in [0.1, 0.15) is 6.26 Å². The van der Waals surface area contributed by atoms with Crippen molar-refractivity contribution in [2.24, 2.45) is 0 Å². The number of amides is 1. The number of carbonyl (C=O) groups excluding carboxylic acids is 1. The van der Waals surface area contributed by atoms with Crippen molar-refractivity contribution in [1.82, 2.24) is 25.0 Å². The molecule has 0 bridgehead atoms. The molecule has 176 valence electrons. The van der Waals surface area contributed by atoms with Gasteiger partial charge >= 0.3 is 0 Å². The molecule has 1 amide bonds. The molecule has 0 atom stereocenters. The molecule has 1 aromatic heterocycles. The van der Waals surface area contributed by atoms with Crippen LogP contribution in [0.15, 0.2) is 28.9 Å². The van der Waals surface area contributed by atoms with Gasteiger partial charge in [-0.05, 0) is 31.8 Å². The average Bonchev–Trinajstić information content (AvgIpc) is 3.24. The highest BCUT2D eigenvalue weighted by molar-refractivity contribution is 6.42. The maximum Gasteiger partial charge on any atom is 0.273 e. The van der Waals surface area contributed by atoms with Gasteiger partial charge in [0, 0.05) is 45.8 Å². The molecule has 1 aliphatic rings. The number of morpholine rings is 1. The fourth-order valence-electron chi connectivity index (χ4n) is 3.38. The van der Waals surface area contributed by atoms with Gasteiger partial charge in [-0.3, -0.25) is 14.6 Å². The van der Waals surface area contributed by atoms with E-state index in [1.807, 2.05) is 31.1 Å². The minimum Gasteiger partial charge on any atom is -0.447 e. The first kappa shape index (κ1) is 25.0. The van der Waals surface area contributed by atoms with Gasteiger partial charge in [0.2, 0.25) is 5.89 Å². The monoisotopic (exact) mass is 483 g/mol. The van der Waals surface area contributed by atoms with Crippen LogP contribution in [0, 0.1) is 0 Å². The molecule has 1 saturated heterocycles. The highest BCUT2D eigenvalue weighted by Crippen LogP contribution is 2.23. The molecule has 0 aliphatic carbocycles. The molecule has 2 heterocycles. The van der Waals surface area contributed by atoms with Gasteiger partial charge in [-0.25, -0.2) is 4.98 Å². The third-order valence-electron chi connectivity index (χ3n) is 5.21. The Kier molecular flexibility index (Phi) is 9.77. The Bertz CT molecular complexity index is 871. The number of nitrogens with zero attached hydrogens (tertiary/aromatic N) is 4. The predicted octanol–water partition coefficient (Wildman–Crippen LogP) is 2.61. The van der Waals surface area contributed by atoms with Crippen molar-refractivity contribution in [2.45, 2.75) is 13.1 Å². The number of likely N-dealkylation sites (N-methyl/N-ethyl adjacent to an activating group) is 1. The van der Waals surface area contributed by atoms with Crippen molar-refractivity contribution in [3.05, 3.63) is 51.7 Å². The maximum atomic E-state index is 12.3. The van der Waals surface area contributed by atoms with Gasteiger partial charge in [-0.2, -0.15) is 0 Å². The Morgan fingerprint density at radius 3 is 2.66 bits per heavy atom. The number of hydrogen-bond acceptors (Lipinski definition) is 7. The van der Waals surface area contributed by atoms with Gasteiger partial charge in [0.15, 0.2) is 5.69 Å². The molecular formula is C22H31Cl2N5O3. The number of nitrogens with one attached hydrogen (secondary N) is 1. The summed E-state index contributed by atoms with van der Waals surface area (Å²) in [7, 11) is 3.92. The fourth-order valence-corrected chi connectivity index (χ4v) is 3.70. The fraction of sp³-hybridized carbons (Fsp3) is 0.545. The molecule has 10 heteroatoms. The first-order chi connectivity index (χ1) is 15.4. The van der Waals surface area contributed by atoms with E-state index < -0.39 is 0 Å². The van der Waals surface area contributed by atoms with Crippen molar-refractivity contribution >= 4 is 29.1 Å². The zero-order valence-corrected chi connectivity index (χ0v) is 20.2. The molecule has 1 N–H and O–H groups in total. The zero-order chi connectivity index (χ0) is 22.9. The number of oxazole rings is 1. The van der Waals surface area contributed by atoms with Gasteiger partial charge in [0.05, 0.1) is 29.8 Å². The molecule has 8 nitrogen and oxygen atoms in total. The van der Waals surface area contributed by atoms with Crippen LogP contribution in [-0.4, -0.2) is 92.2 Å². The van der Waals surface area contributed by atoms with Crippen LogP contribution in [0.5, 0.6) is 0 Å². The van der Waals surface area contributed by atoms with Crippen LogP contribution in [0.1, 0.15) is 21.9 Å². The SMILES string of the molecule is CN(C)CCNC(=O)c1coc(CN(CCN2CCOCC2)Cc2ccc(Cl)c(Cl)c2)n1. The normalized spacial score (nSPS) is 14.9. The summed E-state index contributed by atoms with van der Waals surface area (Å²) < 4.78 is 11.1. The third-order valence-corrected chi connectivity index (χ3v) is 5.95. The van der Waals surface area contributed by atoms with E-state index in [0.717, 1.165) is 51.5 Å². The second kappa shape index (κ2) is 12.5. The molecular weight excluding hydrogens is 453 g/mol. The first-order valence-corrected chi connectivity index (χ1v) is 11.5. The van der Waals surface area contributed by atoms with E-state index in [4.69, 9.17) is 32.4 Å². The minimum atomic E-state index is -0.230. The summed E-state index contributed by atoms with van der Waals surface area (Å²) in [5.74, 6) is 0.274. The summed E-state index contributed by atoms with van der Waals surface area (Å²) in [6.45, 7) is 7.55. The highest BCUT2D eigenvalue weighted by atomic mass is 35.5. The lowest BCUT2D eigenvalue weighted by Crippen LogP contribution is -2.41. The second-order valence-corrected chi connectivity index (χ2v) is 8.91. The van der Waals surface area contributed by atoms with Gasteiger partial charge in [0.25, 0.3) is 5.91 Å². The molecule has 3 rings (SSSR count). The van der Waals surface area contributed by atoms with E-state index in [1.165, 1.54) is 6.26 Å². The molecule has 0 saturated carbocycles. The Balaban J connectivity index is 1.62. The smallest absolute Gasteiger partial charge is 0.273 e. The summed E-state index contributed by atoms with van der Waals surface area (Å²) in [4.78, 5) is 23.3. The number of benzene rings is 1. The van der Waals surface area contributed by atoms with E-state index in [2.05, 4.69) is 20.1 Å². The minimum absolute atomic E-state index is 0.230. The number of carbonyl (C=O) groups is 1. The van der Waals surface area contributed by atoms with Crippen molar-refractivity contribution in [1.29, 1.82) is 0 Å². The second-order valence-electron chi connectivity index (χ2n) is 8.10. The van der Waals surface area contributed by atoms with Gasteiger partial charge in [-0.15, -0.1) is 0 Å². The Morgan fingerprint density at radius 2 is 1.94 bits per heavy atom. The van der Waals surface area contributed by atoms with E-state index in [9.17, 15) is 4.79 Å². The standard InChI is InChI=1S/C22H31Cl2N5O3/c1-27(2)6-5-25-22(30)20-16-32-21(26-20)15-29(8-7-28-9-11-31-12-10-28)14-17-3-4-18(23)19(24)13-17/h3-4,13,16H,5-12,14-15H2,1-2H3,(H,25,30).